The van der Waals surface area contributed by atoms with Crippen LogP contribution in [0, 0.1) is 5.92 Å². The second-order valence-corrected chi connectivity index (χ2v) is 5.50. The Hall–Kier alpha value is -0.730. The van der Waals surface area contributed by atoms with Crippen molar-refractivity contribution in [3.63, 3.8) is 0 Å². The predicted molar refractivity (Wildman–Crippen MR) is 76.4 cm³/mol. The number of hydrogen-bond acceptors (Lipinski definition) is 2. The summed E-state index contributed by atoms with van der Waals surface area (Å²) < 4.78 is 5.85. The lowest BCUT2D eigenvalue weighted by Crippen LogP contribution is -2.39. The molecule has 0 saturated heterocycles. The number of nitrogens with one attached hydrogen (secondary N) is 1. The summed E-state index contributed by atoms with van der Waals surface area (Å²) in [7, 11) is 2.03. The monoisotopic (exact) mass is 267 g/mol. The van der Waals surface area contributed by atoms with Crippen LogP contribution in [0.4, 0.5) is 0 Å². The van der Waals surface area contributed by atoms with Gasteiger partial charge in [-0.15, -0.1) is 0 Å². The van der Waals surface area contributed by atoms with E-state index in [1.807, 2.05) is 31.3 Å². The number of likely N-dealkylation sites (N-methyl/N-ethyl adjacent to an activating group) is 1. The molecule has 1 aliphatic rings. The van der Waals surface area contributed by atoms with Gasteiger partial charge >= 0.3 is 0 Å². The third kappa shape index (κ3) is 3.89. The predicted octanol–water partition coefficient (Wildman–Crippen LogP) is 3.89. The van der Waals surface area contributed by atoms with E-state index in [0.29, 0.717) is 6.04 Å². The van der Waals surface area contributed by atoms with Gasteiger partial charge in [-0.2, -0.15) is 0 Å². The maximum atomic E-state index is 5.95. The standard InChI is InChI=1S/C15H22ClNO/c1-17-15(12-6-3-2-4-7-12)11-18-14-9-5-8-13(16)10-14/h5,8-10,12,15,17H,2-4,6-7,11H2,1H3. The summed E-state index contributed by atoms with van der Waals surface area (Å²) in [5.74, 6) is 1.61. The zero-order valence-corrected chi connectivity index (χ0v) is 11.7. The van der Waals surface area contributed by atoms with Crippen LogP contribution >= 0.6 is 11.6 Å². The summed E-state index contributed by atoms with van der Waals surface area (Å²) >= 11 is 5.95. The molecule has 1 atom stereocenters. The maximum absolute atomic E-state index is 5.95. The lowest BCUT2D eigenvalue weighted by Gasteiger charge is -2.29. The number of hydrogen-bond donors (Lipinski definition) is 1. The molecule has 1 aliphatic carbocycles. The van der Waals surface area contributed by atoms with Gasteiger partial charge in [0.15, 0.2) is 0 Å². The van der Waals surface area contributed by atoms with E-state index in [-0.39, 0.29) is 0 Å². The Balaban J connectivity index is 1.86. The second-order valence-electron chi connectivity index (χ2n) is 5.06. The average molecular weight is 268 g/mol. The van der Waals surface area contributed by atoms with Gasteiger partial charge in [-0.05, 0) is 44.0 Å². The van der Waals surface area contributed by atoms with E-state index in [4.69, 9.17) is 16.3 Å². The molecule has 3 heteroatoms. The summed E-state index contributed by atoms with van der Waals surface area (Å²) in [5.41, 5.74) is 0. The van der Waals surface area contributed by atoms with E-state index in [0.717, 1.165) is 23.3 Å². The SMILES string of the molecule is CNC(COc1cccc(Cl)c1)C1CCCCC1. The molecule has 1 N–H and O–H groups in total. The summed E-state index contributed by atoms with van der Waals surface area (Å²) in [6, 6.07) is 8.07. The Morgan fingerprint density at radius 2 is 2.11 bits per heavy atom. The first kappa shape index (κ1) is 13.7. The normalized spacial score (nSPS) is 18.6. The van der Waals surface area contributed by atoms with Crippen molar-refractivity contribution in [2.45, 2.75) is 38.1 Å². The van der Waals surface area contributed by atoms with Crippen LogP contribution in [-0.4, -0.2) is 19.7 Å². The zero-order chi connectivity index (χ0) is 12.8. The Kier molecular flexibility index (Phi) is 5.33. The minimum atomic E-state index is 0.448. The molecule has 0 radical (unpaired) electrons. The Morgan fingerprint density at radius 1 is 1.33 bits per heavy atom. The minimum Gasteiger partial charge on any atom is -0.492 e. The van der Waals surface area contributed by atoms with E-state index >= 15 is 0 Å². The van der Waals surface area contributed by atoms with Gasteiger partial charge in [0.25, 0.3) is 0 Å². The quantitative estimate of drug-likeness (QED) is 0.874. The Morgan fingerprint density at radius 3 is 2.78 bits per heavy atom. The molecule has 1 unspecified atom stereocenters. The first-order valence-electron chi connectivity index (χ1n) is 6.85. The number of benzene rings is 1. The van der Waals surface area contributed by atoms with Crippen LogP contribution in [-0.2, 0) is 0 Å². The third-order valence-electron chi connectivity index (χ3n) is 3.82. The fourth-order valence-electron chi connectivity index (χ4n) is 2.73. The average Bonchev–Trinajstić information content (AvgIpc) is 2.41. The number of ether oxygens (including phenoxy) is 1. The number of rotatable bonds is 5. The second kappa shape index (κ2) is 7.01. The van der Waals surface area contributed by atoms with Crippen molar-refractivity contribution in [3.8, 4) is 5.75 Å². The van der Waals surface area contributed by atoms with Crippen LogP contribution in [0.5, 0.6) is 5.75 Å². The molecule has 0 amide bonds. The van der Waals surface area contributed by atoms with Crippen LogP contribution in [0.2, 0.25) is 5.02 Å². The molecule has 0 spiro atoms. The zero-order valence-electron chi connectivity index (χ0n) is 11.0. The molecule has 1 aromatic carbocycles. The summed E-state index contributed by atoms with van der Waals surface area (Å²) in [4.78, 5) is 0. The third-order valence-corrected chi connectivity index (χ3v) is 4.05. The lowest BCUT2D eigenvalue weighted by molar-refractivity contribution is 0.192. The van der Waals surface area contributed by atoms with Crippen LogP contribution in [0.15, 0.2) is 24.3 Å². The molecule has 0 aromatic heterocycles. The minimum absolute atomic E-state index is 0.448. The van der Waals surface area contributed by atoms with Gasteiger partial charge in [0.2, 0.25) is 0 Å². The largest absolute Gasteiger partial charge is 0.492 e. The number of halogens is 1. The van der Waals surface area contributed by atoms with Crippen molar-refractivity contribution in [2.24, 2.45) is 5.92 Å². The molecule has 2 rings (SSSR count). The van der Waals surface area contributed by atoms with Crippen LogP contribution in [0.1, 0.15) is 32.1 Å². The highest BCUT2D eigenvalue weighted by molar-refractivity contribution is 6.30. The highest BCUT2D eigenvalue weighted by Crippen LogP contribution is 2.27. The van der Waals surface area contributed by atoms with Gasteiger partial charge in [0.05, 0.1) is 0 Å². The van der Waals surface area contributed by atoms with Gasteiger partial charge in [0.1, 0.15) is 12.4 Å². The van der Waals surface area contributed by atoms with Crippen molar-refractivity contribution >= 4 is 11.6 Å². The van der Waals surface area contributed by atoms with Gasteiger partial charge in [-0.3, -0.25) is 0 Å². The fourth-order valence-corrected chi connectivity index (χ4v) is 2.91. The van der Waals surface area contributed by atoms with E-state index in [9.17, 15) is 0 Å². The molecule has 0 aliphatic heterocycles. The highest BCUT2D eigenvalue weighted by atomic mass is 35.5. The lowest BCUT2D eigenvalue weighted by atomic mass is 9.84. The Labute approximate surface area is 115 Å². The molecule has 0 heterocycles. The molecular weight excluding hydrogens is 246 g/mol. The maximum Gasteiger partial charge on any atom is 0.120 e. The molecular formula is C15H22ClNO. The summed E-state index contributed by atoms with van der Waals surface area (Å²) in [6.07, 6.45) is 6.76. The highest BCUT2D eigenvalue weighted by Gasteiger charge is 2.22. The molecule has 0 bridgehead atoms. The molecule has 1 fully saturated rings. The summed E-state index contributed by atoms with van der Waals surface area (Å²) in [5, 5.41) is 4.13. The molecule has 1 saturated carbocycles. The van der Waals surface area contributed by atoms with Crippen LogP contribution in [0.25, 0.3) is 0 Å². The molecule has 100 valence electrons. The van der Waals surface area contributed by atoms with Crippen molar-refractivity contribution in [3.05, 3.63) is 29.3 Å². The van der Waals surface area contributed by atoms with Crippen molar-refractivity contribution in [2.75, 3.05) is 13.7 Å². The van der Waals surface area contributed by atoms with Crippen molar-refractivity contribution in [1.82, 2.24) is 5.32 Å². The first-order chi connectivity index (χ1) is 8.79. The van der Waals surface area contributed by atoms with E-state index in [1.54, 1.807) is 0 Å². The molecule has 1 aromatic rings. The van der Waals surface area contributed by atoms with E-state index in [2.05, 4.69) is 5.32 Å². The van der Waals surface area contributed by atoms with Gasteiger partial charge in [-0.25, -0.2) is 0 Å². The van der Waals surface area contributed by atoms with E-state index in [1.165, 1.54) is 32.1 Å². The van der Waals surface area contributed by atoms with E-state index < -0.39 is 0 Å². The molecule has 18 heavy (non-hydrogen) atoms. The van der Waals surface area contributed by atoms with Crippen molar-refractivity contribution < 1.29 is 4.74 Å². The Bertz CT molecular complexity index is 363. The first-order valence-corrected chi connectivity index (χ1v) is 7.23. The van der Waals surface area contributed by atoms with Crippen LogP contribution in [0.3, 0.4) is 0 Å². The van der Waals surface area contributed by atoms with Crippen LogP contribution < -0.4 is 10.1 Å². The smallest absolute Gasteiger partial charge is 0.120 e. The van der Waals surface area contributed by atoms with Gasteiger partial charge in [0, 0.05) is 11.1 Å². The summed E-state index contributed by atoms with van der Waals surface area (Å²) in [6.45, 7) is 0.724. The van der Waals surface area contributed by atoms with Gasteiger partial charge in [-0.1, -0.05) is 36.9 Å². The van der Waals surface area contributed by atoms with Crippen molar-refractivity contribution in [1.29, 1.82) is 0 Å². The van der Waals surface area contributed by atoms with Gasteiger partial charge < -0.3 is 10.1 Å². The molecule has 2 nitrogen and oxygen atoms in total. The fraction of sp³-hybridized carbons (Fsp3) is 0.600. The topological polar surface area (TPSA) is 21.3 Å².